The van der Waals surface area contributed by atoms with Gasteiger partial charge in [0.1, 0.15) is 0 Å². The molecule has 0 heterocycles. The Morgan fingerprint density at radius 2 is 1.78 bits per heavy atom. The van der Waals surface area contributed by atoms with E-state index in [4.69, 9.17) is 11.6 Å². The minimum Gasteiger partial charge on any atom is -0.345 e. The molecule has 3 aromatic carbocycles. The van der Waals surface area contributed by atoms with E-state index in [9.17, 15) is 13.2 Å². The van der Waals surface area contributed by atoms with Crippen molar-refractivity contribution >= 4 is 27.5 Å². The van der Waals surface area contributed by atoms with Crippen LogP contribution in [0.5, 0.6) is 0 Å². The lowest BCUT2D eigenvalue weighted by molar-refractivity contribution is 0.0932. The second-order valence-corrected chi connectivity index (χ2v) is 10.5. The van der Waals surface area contributed by atoms with Crippen molar-refractivity contribution in [2.45, 2.75) is 36.7 Å². The summed E-state index contributed by atoms with van der Waals surface area (Å²) in [5.41, 5.74) is 3.37. The molecule has 0 bridgehead atoms. The molecule has 0 radical (unpaired) electrons. The maximum atomic E-state index is 13.1. The number of hydrogen-bond donors (Lipinski definition) is 1. The van der Waals surface area contributed by atoms with Crippen molar-refractivity contribution in [1.29, 1.82) is 0 Å². The first-order chi connectivity index (χ1) is 15.4. The van der Waals surface area contributed by atoms with E-state index in [-0.39, 0.29) is 34.0 Å². The van der Waals surface area contributed by atoms with Crippen molar-refractivity contribution in [2.24, 2.45) is 0 Å². The summed E-state index contributed by atoms with van der Waals surface area (Å²) in [6, 6.07) is 21.6. The van der Waals surface area contributed by atoms with Crippen LogP contribution in [0, 0.1) is 0 Å². The summed E-state index contributed by atoms with van der Waals surface area (Å²) in [5, 5.41) is 3.27. The molecule has 5 nitrogen and oxygen atoms in total. The van der Waals surface area contributed by atoms with E-state index < -0.39 is 10.0 Å². The van der Waals surface area contributed by atoms with Crippen LogP contribution in [0.1, 0.15) is 45.9 Å². The molecule has 0 saturated heterocycles. The van der Waals surface area contributed by atoms with Gasteiger partial charge >= 0.3 is 0 Å². The van der Waals surface area contributed by atoms with Crippen molar-refractivity contribution < 1.29 is 13.2 Å². The van der Waals surface area contributed by atoms with Crippen molar-refractivity contribution in [3.8, 4) is 0 Å². The zero-order valence-electron chi connectivity index (χ0n) is 17.8. The second kappa shape index (κ2) is 9.45. The molecule has 0 saturated carbocycles. The number of amides is 1. The van der Waals surface area contributed by atoms with Gasteiger partial charge in [-0.1, -0.05) is 66.2 Å². The van der Waals surface area contributed by atoms with Crippen molar-refractivity contribution in [3.05, 3.63) is 100 Å². The predicted molar refractivity (Wildman–Crippen MR) is 126 cm³/mol. The largest absolute Gasteiger partial charge is 0.345 e. The van der Waals surface area contributed by atoms with Crippen molar-refractivity contribution in [1.82, 2.24) is 9.62 Å². The van der Waals surface area contributed by atoms with Gasteiger partial charge < -0.3 is 5.32 Å². The van der Waals surface area contributed by atoms with Gasteiger partial charge in [0.2, 0.25) is 10.0 Å². The molecule has 1 aliphatic carbocycles. The van der Waals surface area contributed by atoms with Gasteiger partial charge in [-0.15, -0.1) is 0 Å². The molecule has 1 N–H and O–H groups in total. The Labute approximate surface area is 194 Å². The first kappa shape index (κ1) is 22.5. The van der Waals surface area contributed by atoms with Gasteiger partial charge in [0.25, 0.3) is 5.91 Å². The molecule has 0 aromatic heterocycles. The van der Waals surface area contributed by atoms with E-state index in [2.05, 4.69) is 11.4 Å². The molecule has 0 spiro atoms. The maximum absolute atomic E-state index is 13.1. The van der Waals surface area contributed by atoms with Gasteiger partial charge in [-0.2, -0.15) is 4.31 Å². The third-order valence-electron chi connectivity index (χ3n) is 5.81. The summed E-state index contributed by atoms with van der Waals surface area (Å²) < 4.78 is 27.5. The van der Waals surface area contributed by atoms with Gasteiger partial charge in [-0.25, -0.2) is 8.42 Å². The first-order valence-electron chi connectivity index (χ1n) is 10.5. The molecular formula is C25H25ClN2O3S. The summed E-state index contributed by atoms with van der Waals surface area (Å²) >= 11 is 6.30. The zero-order valence-corrected chi connectivity index (χ0v) is 19.4. The number of fused-ring (bicyclic) bond motifs is 1. The number of benzene rings is 3. The fraction of sp³-hybridized carbons (Fsp3) is 0.240. The molecule has 32 heavy (non-hydrogen) atoms. The lowest BCUT2D eigenvalue weighted by Crippen LogP contribution is -2.31. The van der Waals surface area contributed by atoms with Crippen LogP contribution in [-0.4, -0.2) is 25.7 Å². The van der Waals surface area contributed by atoms with E-state index in [1.165, 1.54) is 35.1 Å². The van der Waals surface area contributed by atoms with Gasteiger partial charge in [0.15, 0.2) is 0 Å². The number of carbonyl (C=O) groups excluding carboxylic acids is 1. The number of nitrogens with zero attached hydrogens (tertiary/aromatic N) is 1. The van der Waals surface area contributed by atoms with Crippen LogP contribution in [-0.2, 0) is 23.0 Å². The van der Waals surface area contributed by atoms with Crippen LogP contribution >= 0.6 is 11.6 Å². The normalized spacial score (nSPS) is 15.9. The topological polar surface area (TPSA) is 66.5 Å². The second-order valence-electron chi connectivity index (χ2n) is 8.01. The molecule has 0 aliphatic heterocycles. The number of rotatable bonds is 6. The average molecular weight is 469 g/mol. The fourth-order valence-electron chi connectivity index (χ4n) is 4.08. The van der Waals surface area contributed by atoms with Gasteiger partial charge in [0.05, 0.1) is 21.5 Å². The van der Waals surface area contributed by atoms with Gasteiger partial charge in [-0.3, -0.25) is 4.79 Å². The molecule has 1 aliphatic rings. The van der Waals surface area contributed by atoms with Crippen LogP contribution in [0.4, 0.5) is 0 Å². The molecule has 1 unspecified atom stereocenters. The predicted octanol–water partition coefficient (Wildman–Crippen LogP) is 4.97. The molecular weight excluding hydrogens is 444 g/mol. The summed E-state index contributed by atoms with van der Waals surface area (Å²) in [5.74, 6) is -0.375. The van der Waals surface area contributed by atoms with Gasteiger partial charge in [-0.05, 0) is 54.2 Å². The average Bonchev–Trinajstić information content (AvgIpc) is 2.80. The van der Waals surface area contributed by atoms with Crippen LogP contribution in [0.25, 0.3) is 0 Å². The Morgan fingerprint density at radius 1 is 1.06 bits per heavy atom. The maximum Gasteiger partial charge on any atom is 0.253 e. The Hall–Kier alpha value is -2.67. The number of carbonyl (C=O) groups is 1. The Kier molecular flexibility index (Phi) is 6.65. The smallest absolute Gasteiger partial charge is 0.253 e. The SMILES string of the molecule is CN(Cc1ccccc1)S(=O)(=O)c1ccc(Cl)c(C(=O)NC2CCCc3ccccc32)c1. The van der Waals surface area contributed by atoms with Crippen LogP contribution in [0.2, 0.25) is 5.02 Å². The van der Waals surface area contributed by atoms with Crippen molar-refractivity contribution in [2.75, 3.05) is 7.05 Å². The third-order valence-corrected chi connectivity index (χ3v) is 7.94. The highest BCUT2D eigenvalue weighted by Crippen LogP contribution is 2.30. The Morgan fingerprint density at radius 3 is 2.56 bits per heavy atom. The number of hydrogen-bond acceptors (Lipinski definition) is 3. The Bertz CT molecular complexity index is 1230. The lowest BCUT2D eigenvalue weighted by Gasteiger charge is -2.26. The van der Waals surface area contributed by atoms with E-state index in [0.717, 1.165) is 30.4 Å². The van der Waals surface area contributed by atoms with Crippen LogP contribution in [0.15, 0.2) is 77.7 Å². The molecule has 166 valence electrons. The number of sulfonamides is 1. The first-order valence-corrected chi connectivity index (χ1v) is 12.4. The van der Waals surface area contributed by atoms with Crippen molar-refractivity contribution in [3.63, 3.8) is 0 Å². The summed E-state index contributed by atoms with van der Waals surface area (Å²) in [6.07, 6.45) is 2.80. The van der Waals surface area contributed by atoms with E-state index in [1.54, 1.807) is 0 Å². The minimum atomic E-state index is -3.80. The monoisotopic (exact) mass is 468 g/mol. The Balaban J connectivity index is 1.57. The molecule has 7 heteroatoms. The fourth-order valence-corrected chi connectivity index (χ4v) is 5.47. The number of nitrogens with one attached hydrogen (secondary N) is 1. The summed E-state index contributed by atoms with van der Waals surface area (Å²) in [7, 11) is -2.27. The minimum absolute atomic E-state index is 0.0366. The van der Waals surface area contributed by atoms with Gasteiger partial charge in [0, 0.05) is 13.6 Å². The quantitative estimate of drug-likeness (QED) is 0.555. The molecule has 3 aromatic rings. The molecule has 4 rings (SSSR count). The highest BCUT2D eigenvalue weighted by molar-refractivity contribution is 7.89. The number of aryl methyl sites for hydroxylation is 1. The summed E-state index contributed by atoms with van der Waals surface area (Å²) in [6.45, 7) is 0.228. The molecule has 1 atom stereocenters. The summed E-state index contributed by atoms with van der Waals surface area (Å²) in [4.78, 5) is 13.1. The molecule has 0 fully saturated rings. The lowest BCUT2D eigenvalue weighted by atomic mass is 9.87. The standard InChI is InChI=1S/C25H25ClN2O3S/c1-28(17-18-8-3-2-4-9-18)32(30,31)20-14-15-23(26)22(16-20)25(29)27-24-13-7-11-19-10-5-6-12-21(19)24/h2-6,8-10,12,14-16,24H,7,11,13,17H2,1H3,(H,27,29). The highest BCUT2D eigenvalue weighted by Gasteiger charge is 2.26. The molecule has 1 amide bonds. The van der Waals surface area contributed by atoms with Crippen LogP contribution < -0.4 is 5.32 Å². The third kappa shape index (κ3) is 4.72. The number of halogens is 1. The van der Waals surface area contributed by atoms with E-state index in [0.29, 0.717) is 0 Å². The van der Waals surface area contributed by atoms with Crippen LogP contribution in [0.3, 0.4) is 0 Å². The highest BCUT2D eigenvalue weighted by atomic mass is 35.5. The van der Waals surface area contributed by atoms with E-state index in [1.807, 2.05) is 48.5 Å². The zero-order chi connectivity index (χ0) is 22.7. The van der Waals surface area contributed by atoms with E-state index >= 15 is 0 Å².